The fourth-order valence-corrected chi connectivity index (χ4v) is 4.00. The number of likely N-dealkylation sites (tertiary alicyclic amines) is 1. The molecule has 2 fully saturated rings. The molecule has 0 amide bonds. The van der Waals surface area contributed by atoms with Crippen LogP contribution in [0.3, 0.4) is 0 Å². The van der Waals surface area contributed by atoms with Gasteiger partial charge in [0.15, 0.2) is 0 Å². The first-order chi connectivity index (χ1) is 8.43. The van der Waals surface area contributed by atoms with E-state index >= 15 is 0 Å². The van der Waals surface area contributed by atoms with E-state index in [0.29, 0.717) is 12.1 Å². The molecule has 0 spiro atoms. The van der Waals surface area contributed by atoms with Crippen LogP contribution in [0, 0.1) is 0 Å². The van der Waals surface area contributed by atoms with E-state index < -0.39 is 10.0 Å². The summed E-state index contributed by atoms with van der Waals surface area (Å²) in [5.74, 6) is 0. The number of likely N-dealkylation sites (N-methyl/N-ethyl adjacent to an activating group) is 1. The molecule has 0 radical (unpaired) electrons. The van der Waals surface area contributed by atoms with Gasteiger partial charge in [-0.25, -0.2) is 12.7 Å². The van der Waals surface area contributed by atoms with Crippen LogP contribution in [0.25, 0.3) is 0 Å². The van der Waals surface area contributed by atoms with Gasteiger partial charge in [-0.15, -0.1) is 0 Å². The van der Waals surface area contributed by atoms with Gasteiger partial charge in [0.2, 0.25) is 10.0 Å². The van der Waals surface area contributed by atoms with Gasteiger partial charge in [-0.2, -0.15) is 0 Å². The molecule has 106 valence electrons. The Morgan fingerprint density at radius 2 is 2.00 bits per heavy atom. The van der Waals surface area contributed by atoms with Crippen molar-refractivity contribution in [3.8, 4) is 0 Å². The van der Waals surface area contributed by atoms with Gasteiger partial charge in [0.1, 0.15) is 0 Å². The van der Waals surface area contributed by atoms with Crippen molar-refractivity contribution >= 4 is 10.0 Å². The number of rotatable bonds is 4. The highest BCUT2D eigenvalue weighted by molar-refractivity contribution is 7.88. The maximum absolute atomic E-state index is 11.7. The van der Waals surface area contributed by atoms with Gasteiger partial charge < -0.3 is 4.74 Å². The van der Waals surface area contributed by atoms with Crippen LogP contribution in [0.1, 0.15) is 25.7 Å². The molecule has 0 aromatic rings. The highest BCUT2D eigenvalue weighted by atomic mass is 32.2. The molecule has 0 bridgehead atoms. The number of nitrogens with zero attached hydrogens (tertiary/aromatic N) is 2. The average molecular weight is 276 g/mol. The number of hydrogen-bond acceptors (Lipinski definition) is 4. The standard InChI is InChI=1S/C12H24N2O3S/c1-13(18(3,15)16)11-5-4-6-12(11)14-8-7-10(9-14)17-2/h10-12H,4-9H2,1-3H3/t10?,11-,12+/m1/s1. The van der Waals surface area contributed by atoms with Crippen molar-refractivity contribution in [1.29, 1.82) is 0 Å². The summed E-state index contributed by atoms with van der Waals surface area (Å²) in [6.45, 7) is 1.96. The Morgan fingerprint density at radius 1 is 1.28 bits per heavy atom. The van der Waals surface area contributed by atoms with Gasteiger partial charge in [-0.3, -0.25) is 4.90 Å². The Kier molecular flexibility index (Phi) is 4.31. The van der Waals surface area contributed by atoms with Crippen LogP contribution in [0.15, 0.2) is 0 Å². The number of methoxy groups -OCH3 is 1. The Bertz CT molecular complexity index is 385. The molecule has 1 heterocycles. The third kappa shape index (κ3) is 2.87. The highest BCUT2D eigenvalue weighted by Gasteiger charge is 2.40. The average Bonchev–Trinajstić information content (AvgIpc) is 2.94. The second kappa shape index (κ2) is 5.45. The highest BCUT2D eigenvalue weighted by Crippen LogP contribution is 2.31. The van der Waals surface area contributed by atoms with Gasteiger partial charge in [-0.1, -0.05) is 6.42 Å². The largest absolute Gasteiger partial charge is 0.380 e. The van der Waals surface area contributed by atoms with Crippen molar-refractivity contribution in [2.45, 2.75) is 43.9 Å². The zero-order chi connectivity index (χ0) is 13.3. The summed E-state index contributed by atoms with van der Waals surface area (Å²) in [6, 6.07) is 0.500. The van der Waals surface area contributed by atoms with Crippen LogP contribution >= 0.6 is 0 Å². The third-order valence-electron chi connectivity index (χ3n) is 4.41. The van der Waals surface area contributed by atoms with Crippen LogP contribution < -0.4 is 0 Å². The van der Waals surface area contributed by atoms with Crippen LogP contribution in [-0.2, 0) is 14.8 Å². The van der Waals surface area contributed by atoms with E-state index in [4.69, 9.17) is 4.74 Å². The molecule has 1 saturated carbocycles. The Labute approximate surface area is 110 Å². The lowest BCUT2D eigenvalue weighted by Crippen LogP contribution is -2.48. The fourth-order valence-electron chi connectivity index (χ4n) is 3.26. The molecule has 1 aliphatic heterocycles. The molecule has 0 aromatic heterocycles. The van der Waals surface area contributed by atoms with Crippen LogP contribution in [0.2, 0.25) is 0 Å². The van der Waals surface area contributed by atoms with Crippen molar-refractivity contribution in [1.82, 2.24) is 9.21 Å². The van der Waals surface area contributed by atoms with E-state index in [1.807, 2.05) is 0 Å². The van der Waals surface area contributed by atoms with Crippen molar-refractivity contribution in [3.63, 3.8) is 0 Å². The van der Waals surface area contributed by atoms with Gasteiger partial charge >= 0.3 is 0 Å². The second-order valence-corrected chi connectivity index (χ2v) is 7.53. The number of hydrogen-bond donors (Lipinski definition) is 0. The second-order valence-electron chi connectivity index (χ2n) is 5.49. The summed E-state index contributed by atoms with van der Waals surface area (Å²) in [5.41, 5.74) is 0. The smallest absolute Gasteiger partial charge is 0.211 e. The maximum atomic E-state index is 11.7. The predicted octanol–water partition coefficient (Wildman–Crippen LogP) is 0.520. The monoisotopic (exact) mass is 276 g/mol. The van der Waals surface area contributed by atoms with Gasteiger partial charge in [0, 0.05) is 39.3 Å². The molecule has 2 rings (SSSR count). The van der Waals surface area contributed by atoms with E-state index in [2.05, 4.69) is 4.90 Å². The van der Waals surface area contributed by atoms with Crippen molar-refractivity contribution in [2.24, 2.45) is 0 Å². The van der Waals surface area contributed by atoms with Crippen LogP contribution in [0.4, 0.5) is 0 Å². The lowest BCUT2D eigenvalue weighted by Gasteiger charge is -2.33. The van der Waals surface area contributed by atoms with Crippen LogP contribution in [-0.4, -0.2) is 69.3 Å². The molecule has 3 atom stereocenters. The van der Waals surface area contributed by atoms with E-state index in [9.17, 15) is 8.42 Å². The van der Waals surface area contributed by atoms with Gasteiger partial charge in [0.05, 0.1) is 12.4 Å². The first kappa shape index (κ1) is 14.2. The SMILES string of the molecule is COC1CCN([C@H]2CCC[C@H]2N(C)S(C)(=O)=O)C1. The first-order valence-corrected chi connectivity index (χ1v) is 8.48. The Balaban J connectivity index is 2.04. The van der Waals surface area contributed by atoms with E-state index in [-0.39, 0.29) is 6.04 Å². The van der Waals surface area contributed by atoms with E-state index in [0.717, 1.165) is 38.8 Å². The molecule has 6 heteroatoms. The van der Waals surface area contributed by atoms with E-state index in [1.165, 1.54) is 6.26 Å². The number of sulfonamides is 1. The lowest BCUT2D eigenvalue weighted by molar-refractivity contribution is 0.0944. The first-order valence-electron chi connectivity index (χ1n) is 6.63. The normalized spacial score (nSPS) is 34.6. The Morgan fingerprint density at radius 3 is 2.56 bits per heavy atom. The number of ether oxygens (including phenoxy) is 1. The molecule has 0 N–H and O–H groups in total. The molecule has 2 aliphatic rings. The molecule has 1 saturated heterocycles. The zero-order valence-electron chi connectivity index (χ0n) is 11.5. The summed E-state index contributed by atoms with van der Waals surface area (Å²) in [6.07, 6.45) is 5.86. The van der Waals surface area contributed by atoms with Gasteiger partial charge in [0.25, 0.3) is 0 Å². The third-order valence-corrected chi connectivity index (χ3v) is 5.73. The topological polar surface area (TPSA) is 49.9 Å². The molecule has 18 heavy (non-hydrogen) atoms. The predicted molar refractivity (Wildman–Crippen MR) is 71.0 cm³/mol. The minimum absolute atomic E-state index is 0.135. The zero-order valence-corrected chi connectivity index (χ0v) is 12.3. The van der Waals surface area contributed by atoms with Gasteiger partial charge in [-0.05, 0) is 19.3 Å². The summed E-state index contributed by atoms with van der Waals surface area (Å²) >= 11 is 0. The minimum Gasteiger partial charge on any atom is -0.380 e. The molecular weight excluding hydrogens is 252 g/mol. The maximum Gasteiger partial charge on any atom is 0.211 e. The molecular formula is C12H24N2O3S. The molecule has 1 unspecified atom stereocenters. The van der Waals surface area contributed by atoms with Crippen LogP contribution in [0.5, 0.6) is 0 Å². The summed E-state index contributed by atoms with van der Waals surface area (Å²) < 4.78 is 30.3. The summed E-state index contributed by atoms with van der Waals surface area (Å²) in [7, 11) is 0.371. The Hall–Kier alpha value is -0.170. The van der Waals surface area contributed by atoms with Crippen molar-refractivity contribution < 1.29 is 13.2 Å². The molecule has 1 aliphatic carbocycles. The lowest BCUT2D eigenvalue weighted by atomic mass is 10.1. The summed E-state index contributed by atoms with van der Waals surface area (Å²) in [5, 5.41) is 0. The van der Waals surface area contributed by atoms with E-state index in [1.54, 1.807) is 18.5 Å². The molecule has 5 nitrogen and oxygen atoms in total. The van der Waals surface area contributed by atoms with Crippen molar-refractivity contribution in [3.05, 3.63) is 0 Å². The minimum atomic E-state index is -3.09. The summed E-state index contributed by atoms with van der Waals surface area (Å²) in [4.78, 5) is 2.41. The van der Waals surface area contributed by atoms with Crippen molar-refractivity contribution in [2.75, 3.05) is 33.5 Å². The fraction of sp³-hybridized carbons (Fsp3) is 1.00. The quantitative estimate of drug-likeness (QED) is 0.751. The molecule has 0 aromatic carbocycles.